The van der Waals surface area contributed by atoms with E-state index in [-0.39, 0.29) is 11.3 Å². The number of ether oxygens (including phenoxy) is 6. The highest BCUT2D eigenvalue weighted by atomic mass is 16.5. The van der Waals surface area contributed by atoms with Crippen LogP contribution in [0.25, 0.3) is 0 Å². The molecule has 40 heavy (non-hydrogen) atoms. The Hall–Kier alpha value is -2.06. The number of allylic oxidation sites excluding steroid dienone is 1. The fourth-order valence-corrected chi connectivity index (χ4v) is 6.71. The van der Waals surface area contributed by atoms with Crippen molar-refractivity contribution < 1.29 is 28.4 Å². The van der Waals surface area contributed by atoms with Crippen LogP contribution in [0.1, 0.15) is 60.6 Å². The first-order valence-corrected chi connectivity index (χ1v) is 14.1. The van der Waals surface area contributed by atoms with Gasteiger partial charge in [0.15, 0.2) is 0 Å². The highest BCUT2D eigenvalue weighted by molar-refractivity contribution is 5.48. The average Bonchev–Trinajstić information content (AvgIpc) is 2.91. The lowest BCUT2D eigenvalue weighted by atomic mass is 9.54. The van der Waals surface area contributed by atoms with E-state index in [0.29, 0.717) is 45.6 Å². The van der Waals surface area contributed by atoms with Crippen LogP contribution < -0.4 is 0 Å². The molecule has 0 aromatic heterocycles. The first-order valence-electron chi connectivity index (χ1n) is 14.1. The minimum absolute atomic E-state index is 0.0533. The van der Waals surface area contributed by atoms with Crippen LogP contribution in [0.4, 0.5) is 0 Å². The topological polar surface area (TPSA) is 55.4 Å². The van der Waals surface area contributed by atoms with Crippen LogP contribution in [0, 0.1) is 17.3 Å². The van der Waals surface area contributed by atoms with Crippen LogP contribution in [0.15, 0.2) is 48.0 Å². The van der Waals surface area contributed by atoms with Crippen molar-refractivity contribution in [2.24, 2.45) is 17.3 Å². The third-order valence-corrected chi connectivity index (χ3v) is 8.70. The van der Waals surface area contributed by atoms with Crippen LogP contribution in [0.2, 0.25) is 0 Å². The maximum atomic E-state index is 5.82. The van der Waals surface area contributed by atoms with Crippen molar-refractivity contribution >= 4 is 0 Å². The summed E-state index contributed by atoms with van der Waals surface area (Å²) in [7, 11) is 10.5. The fraction of sp³-hybridized carbons (Fsp3) is 0.588. The molecule has 1 aliphatic rings. The van der Waals surface area contributed by atoms with Gasteiger partial charge >= 0.3 is 0 Å². The van der Waals surface area contributed by atoms with Gasteiger partial charge in [0.1, 0.15) is 0 Å². The summed E-state index contributed by atoms with van der Waals surface area (Å²) in [6, 6.07) is 13.6. The van der Waals surface area contributed by atoms with Crippen molar-refractivity contribution in [1.82, 2.24) is 0 Å². The molecule has 0 aliphatic heterocycles. The summed E-state index contributed by atoms with van der Waals surface area (Å²) in [4.78, 5) is 0. The van der Waals surface area contributed by atoms with Gasteiger partial charge in [-0.15, -0.1) is 0 Å². The monoisotopic (exact) mass is 554 g/mol. The summed E-state index contributed by atoms with van der Waals surface area (Å²) >= 11 is 0. The van der Waals surface area contributed by atoms with Crippen LogP contribution in [0.5, 0.6) is 0 Å². The quantitative estimate of drug-likeness (QED) is 0.236. The van der Waals surface area contributed by atoms with E-state index in [0.717, 1.165) is 28.7 Å². The molecule has 2 aromatic rings. The molecule has 0 spiro atoms. The van der Waals surface area contributed by atoms with Crippen LogP contribution in [-0.2, 0) is 60.3 Å². The molecule has 0 saturated carbocycles. The van der Waals surface area contributed by atoms with E-state index in [1.165, 1.54) is 16.7 Å². The van der Waals surface area contributed by atoms with Gasteiger partial charge in [0.05, 0.1) is 39.6 Å². The SMILES string of the molecule is COCC1=CC(C(C)(c2cc(COC)cc(COC)c2)c2cc(COC)cc(COC)c2)C(C)C(C)(COC)C1. The molecule has 222 valence electrons. The highest BCUT2D eigenvalue weighted by Gasteiger charge is 2.48. The van der Waals surface area contributed by atoms with Gasteiger partial charge in [-0.2, -0.15) is 0 Å². The summed E-state index contributed by atoms with van der Waals surface area (Å²) in [6.45, 7) is 10.5. The lowest BCUT2D eigenvalue weighted by Crippen LogP contribution is -2.47. The molecule has 0 amide bonds. The predicted molar refractivity (Wildman–Crippen MR) is 159 cm³/mol. The Bertz CT molecular complexity index is 1020. The smallest absolute Gasteiger partial charge is 0.0713 e. The minimum Gasteiger partial charge on any atom is -0.384 e. The molecule has 0 saturated heterocycles. The van der Waals surface area contributed by atoms with E-state index in [9.17, 15) is 0 Å². The minimum atomic E-state index is -0.397. The zero-order valence-corrected chi connectivity index (χ0v) is 26.1. The maximum absolute atomic E-state index is 5.82. The predicted octanol–water partition coefficient (Wildman–Crippen LogP) is 6.46. The normalized spacial score (nSPS) is 21.5. The van der Waals surface area contributed by atoms with Gasteiger partial charge in [-0.25, -0.2) is 0 Å². The third kappa shape index (κ3) is 7.22. The van der Waals surface area contributed by atoms with E-state index in [4.69, 9.17) is 28.4 Å². The second-order valence-corrected chi connectivity index (χ2v) is 11.8. The van der Waals surface area contributed by atoms with Gasteiger partial charge in [-0.3, -0.25) is 0 Å². The second kappa shape index (κ2) is 14.7. The van der Waals surface area contributed by atoms with Crippen molar-refractivity contribution in [3.8, 4) is 0 Å². The highest BCUT2D eigenvalue weighted by Crippen LogP contribution is 2.53. The summed E-state index contributed by atoms with van der Waals surface area (Å²) in [5, 5.41) is 0. The maximum Gasteiger partial charge on any atom is 0.0713 e. The largest absolute Gasteiger partial charge is 0.384 e. The van der Waals surface area contributed by atoms with E-state index in [1.807, 2.05) is 0 Å². The Morgan fingerprint density at radius 3 is 1.40 bits per heavy atom. The average molecular weight is 555 g/mol. The van der Waals surface area contributed by atoms with Crippen LogP contribution >= 0.6 is 0 Å². The summed E-state index contributed by atoms with van der Waals surface area (Å²) < 4.78 is 33.9. The molecule has 0 bridgehead atoms. The van der Waals surface area contributed by atoms with Gasteiger partial charge in [-0.1, -0.05) is 63.2 Å². The Morgan fingerprint density at radius 2 is 1.05 bits per heavy atom. The van der Waals surface area contributed by atoms with Gasteiger partial charge in [-0.05, 0) is 62.6 Å². The van der Waals surface area contributed by atoms with E-state index >= 15 is 0 Å². The summed E-state index contributed by atoms with van der Waals surface area (Å²) in [5.41, 5.74) is 7.86. The number of benzene rings is 2. The number of methoxy groups -OCH3 is 6. The van der Waals surface area contributed by atoms with E-state index in [1.54, 1.807) is 42.7 Å². The van der Waals surface area contributed by atoms with E-state index < -0.39 is 5.41 Å². The molecule has 0 fully saturated rings. The molecular formula is C34H50O6. The molecule has 3 rings (SSSR count). The van der Waals surface area contributed by atoms with Crippen molar-refractivity contribution in [3.05, 3.63) is 81.4 Å². The number of hydrogen-bond donors (Lipinski definition) is 0. The molecule has 6 nitrogen and oxygen atoms in total. The number of rotatable bonds is 15. The van der Waals surface area contributed by atoms with Crippen LogP contribution in [0.3, 0.4) is 0 Å². The first kappa shape index (κ1) is 32.5. The third-order valence-electron chi connectivity index (χ3n) is 8.70. The molecular weight excluding hydrogens is 504 g/mol. The first-order chi connectivity index (χ1) is 19.2. The van der Waals surface area contributed by atoms with Gasteiger partial charge in [0.25, 0.3) is 0 Å². The molecule has 1 aliphatic carbocycles. The lowest BCUT2D eigenvalue weighted by molar-refractivity contribution is 0.0136. The molecule has 3 atom stereocenters. The molecule has 0 radical (unpaired) electrons. The molecule has 2 aromatic carbocycles. The Morgan fingerprint density at radius 1 is 0.650 bits per heavy atom. The van der Waals surface area contributed by atoms with Gasteiger partial charge in [0, 0.05) is 48.1 Å². The standard InChI is InChI=1S/C34H50O6/c1-24-32(16-29(22-39-8)17-33(24,2)23-40-9)34(3,30-12-25(18-35-4)10-26(13-30)19-36-5)31-14-27(20-37-6)11-28(15-31)21-38-7/h10-16,24,32H,17-23H2,1-9H3. The molecule has 0 N–H and O–H groups in total. The van der Waals surface area contributed by atoms with E-state index in [2.05, 4.69) is 63.2 Å². The van der Waals surface area contributed by atoms with Crippen molar-refractivity contribution in [1.29, 1.82) is 0 Å². The van der Waals surface area contributed by atoms with Gasteiger partial charge in [0.2, 0.25) is 0 Å². The molecule has 0 heterocycles. The molecule has 6 heteroatoms. The van der Waals surface area contributed by atoms with Crippen LogP contribution in [-0.4, -0.2) is 55.9 Å². The van der Waals surface area contributed by atoms with Gasteiger partial charge < -0.3 is 28.4 Å². The second-order valence-electron chi connectivity index (χ2n) is 11.8. The lowest BCUT2D eigenvalue weighted by Gasteiger charge is -2.51. The number of hydrogen-bond acceptors (Lipinski definition) is 6. The summed E-state index contributed by atoms with van der Waals surface area (Å²) in [6.07, 6.45) is 3.42. The Labute approximate surface area is 242 Å². The van der Waals surface area contributed by atoms with Crippen molar-refractivity contribution in [2.45, 2.75) is 59.0 Å². The summed E-state index contributed by atoms with van der Waals surface area (Å²) in [5.74, 6) is 0.472. The Balaban J connectivity index is 2.39. The van der Waals surface area contributed by atoms with Crippen molar-refractivity contribution in [2.75, 3.05) is 55.9 Å². The Kier molecular flexibility index (Phi) is 11.9. The zero-order valence-electron chi connectivity index (χ0n) is 26.1. The molecule has 3 unspecified atom stereocenters. The fourth-order valence-electron chi connectivity index (χ4n) is 6.71. The zero-order chi connectivity index (χ0) is 29.3. The van der Waals surface area contributed by atoms with Crippen molar-refractivity contribution in [3.63, 3.8) is 0 Å².